The van der Waals surface area contributed by atoms with Gasteiger partial charge in [0.05, 0.1) is 5.02 Å². The van der Waals surface area contributed by atoms with Crippen LogP contribution in [0.3, 0.4) is 0 Å². The van der Waals surface area contributed by atoms with E-state index in [9.17, 15) is 0 Å². The first-order valence-corrected chi connectivity index (χ1v) is 8.29. The van der Waals surface area contributed by atoms with E-state index in [0.717, 1.165) is 41.8 Å². The summed E-state index contributed by atoms with van der Waals surface area (Å²) in [5, 5.41) is 4.67. The molecular weight excluding hydrogens is 278 g/mol. The molecule has 19 heavy (non-hydrogen) atoms. The maximum atomic E-state index is 6.42. The van der Waals surface area contributed by atoms with Crippen molar-refractivity contribution in [1.29, 1.82) is 0 Å². The highest BCUT2D eigenvalue weighted by atomic mass is 35.5. The Kier molecular flexibility index (Phi) is 5.37. The molecule has 2 rings (SSSR count). The third-order valence-corrected chi connectivity index (χ3v) is 5.23. The number of nitrogens with zero attached hydrogens (tertiary/aromatic N) is 2. The number of anilines is 1. The number of aromatic nitrogens is 1. The van der Waals surface area contributed by atoms with Crippen molar-refractivity contribution in [1.82, 2.24) is 10.3 Å². The van der Waals surface area contributed by atoms with Crippen molar-refractivity contribution in [3.63, 3.8) is 0 Å². The van der Waals surface area contributed by atoms with Gasteiger partial charge in [-0.2, -0.15) is 11.8 Å². The van der Waals surface area contributed by atoms with Crippen LogP contribution in [0.4, 0.5) is 5.82 Å². The van der Waals surface area contributed by atoms with Crippen molar-refractivity contribution in [2.75, 3.05) is 23.7 Å². The highest BCUT2D eigenvalue weighted by molar-refractivity contribution is 8.00. The number of thioether (sulfide) groups is 1. The monoisotopic (exact) mass is 299 g/mol. The Balaban J connectivity index is 2.15. The van der Waals surface area contributed by atoms with Gasteiger partial charge in [0, 0.05) is 36.3 Å². The Morgan fingerprint density at radius 1 is 1.53 bits per heavy atom. The van der Waals surface area contributed by atoms with Crippen molar-refractivity contribution in [2.24, 2.45) is 0 Å². The molecule has 106 valence electrons. The molecule has 2 unspecified atom stereocenters. The van der Waals surface area contributed by atoms with E-state index < -0.39 is 0 Å². The van der Waals surface area contributed by atoms with Crippen LogP contribution in [0.15, 0.2) is 12.3 Å². The summed E-state index contributed by atoms with van der Waals surface area (Å²) in [5.41, 5.74) is 1.14. The number of halogens is 1. The number of hydrogen-bond donors (Lipinski definition) is 1. The molecule has 1 aliphatic rings. The summed E-state index contributed by atoms with van der Waals surface area (Å²) in [6.45, 7) is 9.42. The lowest BCUT2D eigenvalue weighted by atomic mass is 10.2. The molecule has 1 fully saturated rings. The maximum absolute atomic E-state index is 6.42. The largest absolute Gasteiger partial charge is 0.351 e. The van der Waals surface area contributed by atoms with Gasteiger partial charge in [-0.05, 0) is 25.1 Å². The van der Waals surface area contributed by atoms with Crippen LogP contribution in [0.1, 0.15) is 26.3 Å². The van der Waals surface area contributed by atoms with Crippen LogP contribution >= 0.6 is 23.4 Å². The number of pyridine rings is 1. The fraction of sp³-hybridized carbons (Fsp3) is 0.643. The lowest BCUT2D eigenvalue weighted by Crippen LogP contribution is -2.45. The Morgan fingerprint density at radius 3 is 3.00 bits per heavy atom. The Labute approximate surface area is 125 Å². The van der Waals surface area contributed by atoms with Crippen molar-refractivity contribution in [3.8, 4) is 0 Å². The number of hydrogen-bond acceptors (Lipinski definition) is 4. The third-order valence-electron chi connectivity index (χ3n) is 3.61. The third kappa shape index (κ3) is 3.56. The lowest BCUT2D eigenvalue weighted by molar-refractivity contribution is 0.620. The van der Waals surface area contributed by atoms with Crippen LogP contribution in [0.2, 0.25) is 5.02 Å². The highest BCUT2D eigenvalue weighted by Gasteiger charge is 2.27. The zero-order valence-electron chi connectivity index (χ0n) is 11.8. The molecule has 0 saturated carbocycles. The summed E-state index contributed by atoms with van der Waals surface area (Å²) in [7, 11) is 0. The van der Waals surface area contributed by atoms with Gasteiger partial charge >= 0.3 is 0 Å². The standard InChI is InChI=1S/C14H22ClN3S/c1-4-16-8-12-7-13(15)14(17-9-12)18-5-6-19-11(3)10(18)2/h7,9-11,16H,4-6,8H2,1-3H3. The Morgan fingerprint density at radius 2 is 2.32 bits per heavy atom. The van der Waals surface area contributed by atoms with Crippen LogP contribution in [0.25, 0.3) is 0 Å². The quantitative estimate of drug-likeness (QED) is 0.924. The molecule has 1 aromatic heterocycles. The summed E-state index contributed by atoms with van der Waals surface area (Å²) >= 11 is 8.44. The van der Waals surface area contributed by atoms with Gasteiger partial charge in [-0.3, -0.25) is 0 Å². The second kappa shape index (κ2) is 6.82. The van der Waals surface area contributed by atoms with E-state index in [2.05, 4.69) is 36.0 Å². The van der Waals surface area contributed by atoms with Gasteiger partial charge in [-0.25, -0.2) is 4.98 Å². The molecule has 1 aromatic rings. The number of nitrogens with one attached hydrogen (secondary N) is 1. The normalized spacial score (nSPS) is 23.7. The molecule has 0 spiro atoms. The van der Waals surface area contributed by atoms with E-state index in [-0.39, 0.29) is 0 Å². The zero-order valence-corrected chi connectivity index (χ0v) is 13.4. The first-order chi connectivity index (χ1) is 9.13. The average Bonchev–Trinajstić information content (AvgIpc) is 2.40. The molecule has 2 atom stereocenters. The molecule has 0 amide bonds. The van der Waals surface area contributed by atoms with Gasteiger partial charge in [-0.1, -0.05) is 25.4 Å². The van der Waals surface area contributed by atoms with Crippen LogP contribution in [-0.2, 0) is 6.54 Å². The van der Waals surface area contributed by atoms with Gasteiger partial charge in [0.1, 0.15) is 5.82 Å². The second-order valence-corrected chi connectivity index (χ2v) is 6.83. The average molecular weight is 300 g/mol. The molecule has 3 nitrogen and oxygen atoms in total. The SMILES string of the molecule is CCNCc1cnc(N2CCSC(C)C2C)c(Cl)c1. The summed E-state index contributed by atoms with van der Waals surface area (Å²) in [6.07, 6.45) is 1.93. The fourth-order valence-corrected chi connectivity index (χ4v) is 3.68. The van der Waals surface area contributed by atoms with Gasteiger partial charge in [0.15, 0.2) is 0 Å². The maximum Gasteiger partial charge on any atom is 0.147 e. The topological polar surface area (TPSA) is 28.2 Å². The molecule has 0 aromatic carbocycles. The van der Waals surface area contributed by atoms with E-state index >= 15 is 0 Å². The summed E-state index contributed by atoms with van der Waals surface area (Å²) in [4.78, 5) is 6.92. The van der Waals surface area contributed by atoms with Crippen molar-refractivity contribution < 1.29 is 0 Å². The minimum Gasteiger partial charge on any atom is -0.351 e. The molecule has 1 saturated heterocycles. The molecule has 5 heteroatoms. The minimum absolute atomic E-state index is 0.475. The molecule has 0 radical (unpaired) electrons. The summed E-state index contributed by atoms with van der Waals surface area (Å²) in [6, 6.07) is 2.51. The van der Waals surface area contributed by atoms with Gasteiger partial charge in [0.25, 0.3) is 0 Å². The van der Waals surface area contributed by atoms with E-state index in [1.807, 2.05) is 24.0 Å². The van der Waals surface area contributed by atoms with Crippen molar-refractivity contribution >= 4 is 29.2 Å². The van der Waals surface area contributed by atoms with E-state index in [0.29, 0.717) is 11.3 Å². The molecular formula is C14H22ClN3S. The molecule has 2 heterocycles. The first kappa shape index (κ1) is 14.9. The van der Waals surface area contributed by atoms with E-state index in [1.165, 1.54) is 0 Å². The van der Waals surface area contributed by atoms with Gasteiger partial charge in [0.2, 0.25) is 0 Å². The van der Waals surface area contributed by atoms with Crippen LogP contribution in [0.5, 0.6) is 0 Å². The Hall–Kier alpha value is -0.450. The van der Waals surface area contributed by atoms with Crippen molar-refractivity contribution in [3.05, 3.63) is 22.8 Å². The van der Waals surface area contributed by atoms with Crippen LogP contribution < -0.4 is 10.2 Å². The first-order valence-electron chi connectivity index (χ1n) is 6.87. The highest BCUT2D eigenvalue weighted by Crippen LogP contribution is 2.32. The van der Waals surface area contributed by atoms with E-state index in [1.54, 1.807) is 0 Å². The number of rotatable bonds is 4. The summed E-state index contributed by atoms with van der Waals surface area (Å²) < 4.78 is 0. The predicted molar refractivity (Wildman–Crippen MR) is 85.4 cm³/mol. The zero-order chi connectivity index (χ0) is 13.8. The Bertz CT molecular complexity index is 427. The molecule has 0 bridgehead atoms. The smallest absolute Gasteiger partial charge is 0.147 e. The van der Waals surface area contributed by atoms with Crippen molar-refractivity contribution in [2.45, 2.75) is 38.6 Å². The lowest BCUT2D eigenvalue weighted by Gasteiger charge is -2.38. The van der Waals surface area contributed by atoms with Gasteiger partial charge < -0.3 is 10.2 Å². The van der Waals surface area contributed by atoms with E-state index in [4.69, 9.17) is 11.6 Å². The molecule has 0 aliphatic carbocycles. The van der Waals surface area contributed by atoms with Crippen LogP contribution in [0, 0.1) is 0 Å². The van der Waals surface area contributed by atoms with Crippen LogP contribution in [-0.4, -0.2) is 35.1 Å². The van der Waals surface area contributed by atoms with Gasteiger partial charge in [-0.15, -0.1) is 0 Å². The minimum atomic E-state index is 0.475. The molecule has 1 N–H and O–H groups in total. The fourth-order valence-electron chi connectivity index (χ4n) is 2.28. The predicted octanol–water partition coefficient (Wildman–Crippen LogP) is 3.17. The second-order valence-electron chi connectivity index (χ2n) is 4.94. The molecule has 1 aliphatic heterocycles. The summed E-state index contributed by atoms with van der Waals surface area (Å²) in [5.74, 6) is 2.07.